The van der Waals surface area contributed by atoms with Crippen molar-refractivity contribution in [3.05, 3.63) is 81.5 Å². The second kappa shape index (κ2) is 8.24. The molecular formula is C24H23FN2O4. The van der Waals surface area contributed by atoms with Crippen LogP contribution in [-0.4, -0.2) is 55.1 Å². The van der Waals surface area contributed by atoms with Gasteiger partial charge in [0, 0.05) is 26.2 Å². The molecule has 6 nitrogen and oxygen atoms in total. The van der Waals surface area contributed by atoms with Crippen LogP contribution in [0.4, 0.5) is 4.39 Å². The van der Waals surface area contributed by atoms with Gasteiger partial charge in [0.15, 0.2) is 5.43 Å². The van der Waals surface area contributed by atoms with E-state index < -0.39 is 6.04 Å². The summed E-state index contributed by atoms with van der Waals surface area (Å²) in [6.07, 6.45) is 0.755. The summed E-state index contributed by atoms with van der Waals surface area (Å²) >= 11 is 0. The average Bonchev–Trinajstić information content (AvgIpc) is 3.07. The van der Waals surface area contributed by atoms with Crippen molar-refractivity contribution in [1.82, 2.24) is 9.80 Å². The van der Waals surface area contributed by atoms with Gasteiger partial charge in [-0.25, -0.2) is 4.39 Å². The first kappa shape index (κ1) is 19.9. The SMILES string of the molecule is O=C1c2oc3ccccc3c(=O)c2[C@H](c2ccc(F)cc2)N1CCCN1CCOCC1. The number of benzene rings is 2. The molecule has 1 fully saturated rings. The third-order valence-corrected chi connectivity index (χ3v) is 6.04. The van der Waals surface area contributed by atoms with E-state index in [2.05, 4.69) is 4.90 Å². The molecule has 0 radical (unpaired) electrons. The molecule has 1 aromatic heterocycles. The van der Waals surface area contributed by atoms with Gasteiger partial charge in [0.05, 0.1) is 30.2 Å². The van der Waals surface area contributed by atoms with Gasteiger partial charge in [-0.15, -0.1) is 0 Å². The summed E-state index contributed by atoms with van der Waals surface area (Å²) in [5, 5.41) is 0.441. The molecule has 0 spiro atoms. The molecule has 5 rings (SSSR count). The van der Waals surface area contributed by atoms with Gasteiger partial charge in [0.1, 0.15) is 11.4 Å². The highest BCUT2D eigenvalue weighted by atomic mass is 19.1. The lowest BCUT2D eigenvalue weighted by Crippen LogP contribution is -2.38. The molecule has 2 aliphatic heterocycles. The smallest absolute Gasteiger partial charge is 0.290 e. The lowest BCUT2D eigenvalue weighted by molar-refractivity contribution is 0.0353. The maximum atomic E-state index is 13.6. The first-order chi connectivity index (χ1) is 15.1. The number of halogens is 1. The van der Waals surface area contributed by atoms with E-state index >= 15 is 0 Å². The topological polar surface area (TPSA) is 63.0 Å². The molecule has 1 amide bonds. The number of rotatable bonds is 5. The van der Waals surface area contributed by atoms with Crippen LogP contribution in [0.25, 0.3) is 11.0 Å². The number of para-hydroxylation sites is 1. The molecule has 2 aromatic carbocycles. The summed E-state index contributed by atoms with van der Waals surface area (Å²) in [4.78, 5) is 30.6. The van der Waals surface area contributed by atoms with Crippen LogP contribution in [0.5, 0.6) is 0 Å². The van der Waals surface area contributed by atoms with Crippen LogP contribution in [0.3, 0.4) is 0 Å². The number of carbonyl (C=O) groups is 1. The molecule has 31 heavy (non-hydrogen) atoms. The molecule has 2 aliphatic rings. The highest BCUT2D eigenvalue weighted by molar-refractivity contribution is 5.99. The summed E-state index contributed by atoms with van der Waals surface area (Å²) in [7, 11) is 0. The van der Waals surface area contributed by atoms with Crippen LogP contribution in [0.1, 0.15) is 34.1 Å². The van der Waals surface area contributed by atoms with E-state index in [1.807, 2.05) is 0 Å². The molecule has 0 N–H and O–H groups in total. The maximum absolute atomic E-state index is 13.6. The average molecular weight is 422 g/mol. The first-order valence-corrected chi connectivity index (χ1v) is 10.6. The first-order valence-electron chi connectivity index (χ1n) is 10.6. The molecule has 160 valence electrons. The van der Waals surface area contributed by atoms with Crippen LogP contribution in [0.2, 0.25) is 0 Å². The summed E-state index contributed by atoms with van der Waals surface area (Å²) in [5.41, 5.74) is 1.21. The molecule has 1 atom stereocenters. The van der Waals surface area contributed by atoms with E-state index in [1.165, 1.54) is 12.1 Å². The van der Waals surface area contributed by atoms with Crippen molar-refractivity contribution < 1.29 is 18.3 Å². The molecule has 3 heterocycles. The van der Waals surface area contributed by atoms with Crippen molar-refractivity contribution in [1.29, 1.82) is 0 Å². The van der Waals surface area contributed by atoms with Crippen LogP contribution in [-0.2, 0) is 4.74 Å². The zero-order valence-electron chi connectivity index (χ0n) is 17.1. The molecule has 0 unspecified atom stereocenters. The van der Waals surface area contributed by atoms with Crippen molar-refractivity contribution in [2.45, 2.75) is 12.5 Å². The summed E-state index contributed by atoms with van der Waals surface area (Å²) in [5.74, 6) is -0.573. The number of fused-ring (bicyclic) bond motifs is 2. The van der Waals surface area contributed by atoms with Crippen LogP contribution < -0.4 is 5.43 Å². The minimum absolute atomic E-state index is 0.0874. The highest BCUT2D eigenvalue weighted by Gasteiger charge is 2.42. The lowest BCUT2D eigenvalue weighted by Gasteiger charge is -2.29. The summed E-state index contributed by atoms with van der Waals surface area (Å²) in [6.45, 7) is 4.50. The number of ether oxygens (including phenoxy) is 1. The van der Waals surface area contributed by atoms with Gasteiger partial charge in [-0.2, -0.15) is 0 Å². The second-order valence-electron chi connectivity index (χ2n) is 7.93. The Labute approximate surface area is 178 Å². The maximum Gasteiger partial charge on any atom is 0.290 e. The predicted molar refractivity (Wildman–Crippen MR) is 114 cm³/mol. The van der Waals surface area contributed by atoms with Crippen LogP contribution in [0.15, 0.2) is 57.7 Å². The van der Waals surface area contributed by atoms with Crippen molar-refractivity contribution in [3.63, 3.8) is 0 Å². The molecule has 3 aromatic rings. The van der Waals surface area contributed by atoms with Gasteiger partial charge in [0.25, 0.3) is 5.91 Å². The Morgan fingerprint density at radius 2 is 1.71 bits per heavy atom. The number of nitrogens with zero attached hydrogens (tertiary/aromatic N) is 2. The van der Waals surface area contributed by atoms with Crippen molar-refractivity contribution in [3.8, 4) is 0 Å². The number of hydrogen-bond acceptors (Lipinski definition) is 5. The fraction of sp³-hybridized carbons (Fsp3) is 0.333. The fourth-order valence-corrected chi connectivity index (χ4v) is 4.48. The van der Waals surface area contributed by atoms with E-state index in [0.717, 1.165) is 39.3 Å². The van der Waals surface area contributed by atoms with Gasteiger partial charge >= 0.3 is 0 Å². The standard InChI is InChI=1S/C24H23FN2O4/c25-17-8-6-16(7-9-17)21-20-22(28)18-4-1-2-5-19(18)31-23(20)24(29)27(21)11-3-10-26-12-14-30-15-13-26/h1-2,4-9,21H,3,10-15H2/t21-/m0/s1. The third-order valence-electron chi connectivity index (χ3n) is 6.04. The van der Waals surface area contributed by atoms with Gasteiger partial charge in [0.2, 0.25) is 5.76 Å². The Kier molecular flexibility index (Phi) is 5.29. The number of morpholine rings is 1. The Morgan fingerprint density at radius 3 is 2.48 bits per heavy atom. The van der Waals surface area contributed by atoms with Crippen molar-refractivity contribution in [2.75, 3.05) is 39.4 Å². The van der Waals surface area contributed by atoms with Crippen molar-refractivity contribution >= 4 is 16.9 Å². The van der Waals surface area contributed by atoms with Crippen LogP contribution in [0, 0.1) is 5.82 Å². The predicted octanol–water partition coefficient (Wildman–Crippen LogP) is 3.20. The van der Waals surface area contributed by atoms with Gasteiger partial charge in [-0.3, -0.25) is 14.5 Å². The summed E-state index contributed by atoms with van der Waals surface area (Å²) < 4.78 is 24.9. The monoisotopic (exact) mass is 422 g/mol. The van der Waals surface area contributed by atoms with E-state index in [9.17, 15) is 14.0 Å². The van der Waals surface area contributed by atoms with Crippen molar-refractivity contribution in [2.24, 2.45) is 0 Å². The normalized spacial score (nSPS) is 19.2. The molecule has 7 heteroatoms. The number of amides is 1. The molecule has 1 saturated heterocycles. The quantitative estimate of drug-likeness (QED) is 0.632. The minimum atomic E-state index is -0.589. The Hall–Kier alpha value is -3.03. The zero-order valence-corrected chi connectivity index (χ0v) is 17.1. The Bertz CT molecular complexity index is 1170. The number of hydrogen-bond donors (Lipinski definition) is 0. The molecule has 0 aliphatic carbocycles. The van der Waals surface area contributed by atoms with E-state index in [0.29, 0.717) is 28.6 Å². The van der Waals surface area contributed by atoms with E-state index in [4.69, 9.17) is 9.15 Å². The van der Waals surface area contributed by atoms with Gasteiger partial charge in [-0.05, 0) is 36.2 Å². The summed E-state index contributed by atoms with van der Waals surface area (Å²) in [6, 6.07) is 12.3. The van der Waals surface area contributed by atoms with Crippen LogP contribution >= 0.6 is 0 Å². The van der Waals surface area contributed by atoms with Gasteiger partial charge < -0.3 is 14.1 Å². The van der Waals surface area contributed by atoms with E-state index in [-0.39, 0.29) is 22.9 Å². The highest BCUT2D eigenvalue weighted by Crippen LogP contribution is 2.38. The molecular weight excluding hydrogens is 399 g/mol. The fourth-order valence-electron chi connectivity index (χ4n) is 4.48. The Balaban J connectivity index is 1.52. The van der Waals surface area contributed by atoms with Gasteiger partial charge in [-0.1, -0.05) is 24.3 Å². The molecule has 0 bridgehead atoms. The molecule has 0 saturated carbocycles. The lowest BCUT2D eigenvalue weighted by atomic mass is 9.98. The third kappa shape index (κ3) is 3.64. The largest absolute Gasteiger partial charge is 0.450 e. The second-order valence-corrected chi connectivity index (χ2v) is 7.93. The zero-order chi connectivity index (χ0) is 21.4. The van der Waals surface area contributed by atoms with E-state index in [1.54, 1.807) is 41.3 Å². The Morgan fingerprint density at radius 1 is 0.968 bits per heavy atom. The minimum Gasteiger partial charge on any atom is -0.450 e. The number of carbonyl (C=O) groups excluding carboxylic acids is 1.